The molecule has 0 radical (unpaired) electrons. The summed E-state index contributed by atoms with van der Waals surface area (Å²) in [6.07, 6.45) is 16.5. The number of hydrogen-bond donors (Lipinski definition) is 0. The third-order valence-corrected chi connectivity index (χ3v) is 6.01. The van der Waals surface area contributed by atoms with Gasteiger partial charge in [0, 0.05) is 0 Å². The van der Waals surface area contributed by atoms with Gasteiger partial charge in [-0.3, -0.25) is 0 Å². The summed E-state index contributed by atoms with van der Waals surface area (Å²) in [6.45, 7) is 3.05. The van der Waals surface area contributed by atoms with Crippen LogP contribution in [0.3, 0.4) is 0 Å². The maximum atomic E-state index is 11.5. The van der Waals surface area contributed by atoms with Crippen LogP contribution in [-0.4, -0.2) is 19.7 Å². The van der Waals surface area contributed by atoms with Crippen molar-refractivity contribution < 1.29 is 14.3 Å². The van der Waals surface area contributed by atoms with Crippen LogP contribution < -0.4 is 4.74 Å². The topological polar surface area (TPSA) is 35.5 Å². The van der Waals surface area contributed by atoms with Gasteiger partial charge in [0.05, 0.1) is 19.3 Å². The number of methoxy groups -OCH3 is 1. The van der Waals surface area contributed by atoms with E-state index in [0.29, 0.717) is 5.56 Å². The van der Waals surface area contributed by atoms with Gasteiger partial charge in [0.15, 0.2) is 0 Å². The first-order valence-corrected chi connectivity index (χ1v) is 11.1. The molecule has 0 N–H and O–H groups in total. The van der Waals surface area contributed by atoms with Crippen molar-refractivity contribution in [1.29, 1.82) is 0 Å². The summed E-state index contributed by atoms with van der Waals surface area (Å²) in [7, 11) is 1.40. The van der Waals surface area contributed by atoms with Gasteiger partial charge >= 0.3 is 5.97 Å². The average molecular weight is 375 g/mol. The van der Waals surface area contributed by atoms with Crippen molar-refractivity contribution in [2.24, 2.45) is 11.8 Å². The quantitative estimate of drug-likeness (QED) is 0.298. The van der Waals surface area contributed by atoms with Gasteiger partial charge in [-0.2, -0.15) is 0 Å². The molecule has 3 nitrogen and oxygen atoms in total. The van der Waals surface area contributed by atoms with Crippen LogP contribution in [0.1, 0.15) is 94.3 Å². The van der Waals surface area contributed by atoms with E-state index in [-0.39, 0.29) is 5.97 Å². The summed E-state index contributed by atoms with van der Waals surface area (Å²) in [5.74, 6) is 2.37. The van der Waals surface area contributed by atoms with Gasteiger partial charge in [0.2, 0.25) is 0 Å². The number of rotatable bonds is 12. The van der Waals surface area contributed by atoms with Crippen molar-refractivity contribution in [3.63, 3.8) is 0 Å². The van der Waals surface area contributed by atoms with Crippen molar-refractivity contribution >= 4 is 5.97 Å². The average Bonchev–Trinajstić information content (AvgIpc) is 2.72. The molecule has 2 rings (SSSR count). The Kier molecular flexibility index (Phi) is 10.3. The maximum Gasteiger partial charge on any atom is 0.337 e. The molecule has 0 heterocycles. The van der Waals surface area contributed by atoms with E-state index in [1.165, 1.54) is 77.7 Å². The SMILES string of the molecule is CCCCCCCC1CCCCC1CCCOc1ccc(C(=O)OC)cc1. The van der Waals surface area contributed by atoms with Crippen LogP contribution in [0.25, 0.3) is 0 Å². The number of hydrogen-bond acceptors (Lipinski definition) is 3. The molecule has 0 aliphatic heterocycles. The predicted octanol–water partition coefficient (Wildman–Crippen LogP) is 6.80. The van der Waals surface area contributed by atoms with Crippen molar-refractivity contribution in [2.45, 2.75) is 84.0 Å². The molecule has 1 fully saturated rings. The van der Waals surface area contributed by atoms with Crippen LogP contribution in [0, 0.1) is 11.8 Å². The summed E-state index contributed by atoms with van der Waals surface area (Å²) in [5.41, 5.74) is 0.564. The van der Waals surface area contributed by atoms with Gasteiger partial charge in [-0.05, 0) is 48.9 Å². The maximum absolute atomic E-state index is 11.5. The molecule has 27 heavy (non-hydrogen) atoms. The number of unbranched alkanes of at least 4 members (excludes halogenated alkanes) is 4. The smallest absolute Gasteiger partial charge is 0.337 e. The number of carbonyl (C=O) groups excluding carboxylic acids is 1. The molecule has 1 aliphatic carbocycles. The fraction of sp³-hybridized carbons (Fsp3) is 0.708. The van der Waals surface area contributed by atoms with Crippen LogP contribution in [0.4, 0.5) is 0 Å². The lowest BCUT2D eigenvalue weighted by molar-refractivity contribution is 0.0600. The standard InChI is InChI=1S/C24H38O3/c1-3-4-5-6-7-11-20-12-8-9-13-21(20)14-10-19-27-23-17-15-22(16-18-23)24(25)26-2/h15-18,20-21H,3-14,19H2,1-2H3. The summed E-state index contributed by atoms with van der Waals surface area (Å²) < 4.78 is 10.6. The first-order chi connectivity index (χ1) is 13.2. The second kappa shape index (κ2) is 12.8. The Morgan fingerprint density at radius 1 is 0.926 bits per heavy atom. The molecule has 152 valence electrons. The van der Waals surface area contributed by atoms with Crippen LogP contribution in [0.15, 0.2) is 24.3 Å². The van der Waals surface area contributed by atoms with Gasteiger partial charge in [-0.25, -0.2) is 4.79 Å². The molecule has 2 atom stereocenters. The van der Waals surface area contributed by atoms with Crippen LogP contribution in [0.2, 0.25) is 0 Å². The number of carbonyl (C=O) groups is 1. The Balaban J connectivity index is 1.65. The molecule has 1 aliphatic rings. The highest BCUT2D eigenvalue weighted by atomic mass is 16.5. The van der Waals surface area contributed by atoms with Crippen LogP contribution in [-0.2, 0) is 4.74 Å². The third kappa shape index (κ3) is 7.94. The first kappa shape index (κ1) is 21.8. The van der Waals surface area contributed by atoms with Crippen LogP contribution in [0.5, 0.6) is 5.75 Å². The molecular weight excluding hydrogens is 336 g/mol. The molecular formula is C24H38O3. The largest absolute Gasteiger partial charge is 0.494 e. The normalized spacial score (nSPS) is 19.6. The minimum atomic E-state index is -0.306. The predicted molar refractivity (Wildman–Crippen MR) is 111 cm³/mol. The molecule has 2 unspecified atom stereocenters. The van der Waals surface area contributed by atoms with E-state index < -0.39 is 0 Å². The summed E-state index contributed by atoms with van der Waals surface area (Å²) in [5, 5.41) is 0. The van der Waals surface area contributed by atoms with E-state index in [1.807, 2.05) is 12.1 Å². The zero-order chi connectivity index (χ0) is 19.3. The van der Waals surface area contributed by atoms with Crippen LogP contribution >= 0.6 is 0 Å². The minimum Gasteiger partial charge on any atom is -0.494 e. The van der Waals surface area contributed by atoms with E-state index in [0.717, 1.165) is 30.6 Å². The molecule has 0 amide bonds. The molecule has 1 aromatic carbocycles. The Hall–Kier alpha value is -1.51. The Labute approximate surface area is 165 Å². The Bertz CT molecular complexity index is 523. The van der Waals surface area contributed by atoms with E-state index in [9.17, 15) is 4.79 Å². The van der Waals surface area contributed by atoms with E-state index in [1.54, 1.807) is 12.1 Å². The lowest BCUT2D eigenvalue weighted by Crippen LogP contribution is -2.20. The number of esters is 1. The zero-order valence-corrected chi connectivity index (χ0v) is 17.4. The van der Waals surface area contributed by atoms with Crippen molar-refractivity contribution in [3.05, 3.63) is 29.8 Å². The molecule has 3 heteroatoms. The van der Waals surface area contributed by atoms with Crippen molar-refractivity contribution in [3.8, 4) is 5.75 Å². The highest BCUT2D eigenvalue weighted by Gasteiger charge is 2.24. The van der Waals surface area contributed by atoms with Gasteiger partial charge in [-0.1, -0.05) is 71.1 Å². The van der Waals surface area contributed by atoms with E-state index in [2.05, 4.69) is 6.92 Å². The second-order valence-corrected chi connectivity index (χ2v) is 8.01. The van der Waals surface area contributed by atoms with Gasteiger partial charge in [0.25, 0.3) is 0 Å². The summed E-state index contributed by atoms with van der Waals surface area (Å²) in [6, 6.07) is 7.23. The fourth-order valence-electron chi connectivity index (χ4n) is 4.40. The summed E-state index contributed by atoms with van der Waals surface area (Å²) >= 11 is 0. The number of benzene rings is 1. The fourth-order valence-corrected chi connectivity index (χ4v) is 4.40. The molecule has 0 saturated heterocycles. The highest BCUT2D eigenvalue weighted by Crippen LogP contribution is 2.36. The molecule has 0 spiro atoms. The molecule has 0 aromatic heterocycles. The van der Waals surface area contributed by atoms with Gasteiger partial charge in [-0.15, -0.1) is 0 Å². The van der Waals surface area contributed by atoms with Gasteiger partial charge in [0.1, 0.15) is 5.75 Å². The Morgan fingerprint density at radius 2 is 1.56 bits per heavy atom. The monoisotopic (exact) mass is 374 g/mol. The van der Waals surface area contributed by atoms with Crippen molar-refractivity contribution in [1.82, 2.24) is 0 Å². The molecule has 1 aromatic rings. The lowest BCUT2D eigenvalue weighted by Gasteiger charge is -2.31. The third-order valence-electron chi connectivity index (χ3n) is 6.01. The second-order valence-electron chi connectivity index (χ2n) is 8.01. The minimum absolute atomic E-state index is 0.306. The summed E-state index contributed by atoms with van der Waals surface area (Å²) in [4.78, 5) is 11.5. The Morgan fingerprint density at radius 3 is 2.19 bits per heavy atom. The van der Waals surface area contributed by atoms with E-state index in [4.69, 9.17) is 9.47 Å². The zero-order valence-electron chi connectivity index (χ0n) is 17.4. The number of ether oxygens (including phenoxy) is 2. The highest BCUT2D eigenvalue weighted by molar-refractivity contribution is 5.89. The van der Waals surface area contributed by atoms with E-state index >= 15 is 0 Å². The lowest BCUT2D eigenvalue weighted by atomic mass is 9.74. The first-order valence-electron chi connectivity index (χ1n) is 11.1. The molecule has 0 bridgehead atoms. The van der Waals surface area contributed by atoms with Crippen molar-refractivity contribution in [2.75, 3.05) is 13.7 Å². The van der Waals surface area contributed by atoms with Gasteiger partial charge < -0.3 is 9.47 Å². The molecule has 1 saturated carbocycles.